The highest BCUT2D eigenvalue weighted by atomic mass is 35.5. The lowest BCUT2D eigenvalue weighted by Gasteiger charge is -2.17. The number of benzene rings is 3. The number of carbonyl (C=O) groups is 1. The Hall–Kier alpha value is -3.03. The maximum absolute atomic E-state index is 12.5. The van der Waals surface area contributed by atoms with Crippen LogP contribution in [-0.4, -0.2) is 20.4 Å². The van der Waals surface area contributed by atoms with E-state index in [2.05, 4.69) is 10.0 Å². The lowest BCUT2D eigenvalue weighted by atomic mass is 10.1. The third kappa shape index (κ3) is 5.77. The van der Waals surface area contributed by atoms with E-state index in [4.69, 9.17) is 16.3 Å². The van der Waals surface area contributed by atoms with Gasteiger partial charge in [-0.3, -0.25) is 9.52 Å². The van der Waals surface area contributed by atoms with Gasteiger partial charge in [-0.1, -0.05) is 23.7 Å². The molecule has 3 rings (SSSR count). The van der Waals surface area contributed by atoms with E-state index in [0.29, 0.717) is 22.1 Å². The summed E-state index contributed by atoms with van der Waals surface area (Å²) in [5, 5.41) is 3.25. The van der Waals surface area contributed by atoms with Crippen LogP contribution in [0.15, 0.2) is 71.6 Å². The summed E-state index contributed by atoms with van der Waals surface area (Å²) < 4.78 is 33.3. The Balaban J connectivity index is 1.64. The Labute approximate surface area is 187 Å². The lowest BCUT2D eigenvalue weighted by molar-refractivity contribution is -0.122. The Morgan fingerprint density at radius 2 is 1.55 bits per heavy atom. The minimum atomic E-state index is -3.77. The van der Waals surface area contributed by atoms with Gasteiger partial charge in [0.05, 0.1) is 4.90 Å². The zero-order valence-electron chi connectivity index (χ0n) is 17.3. The van der Waals surface area contributed by atoms with Crippen LogP contribution < -0.4 is 14.8 Å². The number of amides is 1. The molecule has 0 radical (unpaired) electrons. The molecule has 3 aromatic rings. The van der Waals surface area contributed by atoms with Crippen molar-refractivity contribution in [3.63, 3.8) is 0 Å². The Kier molecular flexibility index (Phi) is 6.87. The van der Waals surface area contributed by atoms with E-state index in [1.54, 1.807) is 31.2 Å². The predicted molar refractivity (Wildman–Crippen MR) is 123 cm³/mol. The molecule has 0 saturated carbocycles. The largest absolute Gasteiger partial charge is 0.481 e. The summed E-state index contributed by atoms with van der Waals surface area (Å²) in [5.74, 6) is 0.313. The fraction of sp³-hybridized carbons (Fsp3) is 0.174. The van der Waals surface area contributed by atoms with Crippen LogP contribution in [0.3, 0.4) is 0 Å². The number of hydrogen-bond acceptors (Lipinski definition) is 4. The molecular weight excluding hydrogens is 436 g/mol. The number of sulfonamides is 1. The molecule has 1 unspecified atom stereocenters. The van der Waals surface area contributed by atoms with Crippen LogP contribution in [0.4, 0.5) is 11.4 Å². The summed E-state index contributed by atoms with van der Waals surface area (Å²) in [6.07, 6.45) is -0.726. The summed E-state index contributed by atoms with van der Waals surface area (Å²) in [6, 6.07) is 17.9. The first-order valence-electron chi connectivity index (χ1n) is 9.58. The normalized spacial score (nSPS) is 12.1. The topological polar surface area (TPSA) is 84.5 Å². The van der Waals surface area contributed by atoms with E-state index in [9.17, 15) is 13.2 Å². The molecule has 31 heavy (non-hydrogen) atoms. The van der Waals surface area contributed by atoms with Crippen molar-refractivity contribution in [3.8, 4) is 5.75 Å². The molecule has 3 aromatic carbocycles. The van der Waals surface area contributed by atoms with Crippen molar-refractivity contribution in [1.82, 2.24) is 0 Å². The number of aryl methyl sites for hydroxylation is 1. The van der Waals surface area contributed by atoms with Crippen molar-refractivity contribution in [2.24, 2.45) is 0 Å². The molecule has 0 heterocycles. The Morgan fingerprint density at radius 3 is 2.19 bits per heavy atom. The second-order valence-electron chi connectivity index (χ2n) is 7.08. The quantitative estimate of drug-likeness (QED) is 0.512. The van der Waals surface area contributed by atoms with Crippen LogP contribution in [0.1, 0.15) is 18.1 Å². The molecule has 0 saturated heterocycles. The molecule has 0 aromatic heterocycles. The number of hydrogen-bond donors (Lipinski definition) is 2. The van der Waals surface area contributed by atoms with E-state index < -0.39 is 16.1 Å². The van der Waals surface area contributed by atoms with Gasteiger partial charge in [0.15, 0.2) is 6.10 Å². The zero-order chi connectivity index (χ0) is 22.6. The third-order valence-corrected chi connectivity index (χ3v) is 6.41. The van der Waals surface area contributed by atoms with Gasteiger partial charge in [-0.05, 0) is 86.5 Å². The fourth-order valence-electron chi connectivity index (χ4n) is 2.79. The summed E-state index contributed by atoms with van der Waals surface area (Å²) in [4.78, 5) is 12.6. The number of anilines is 2. The Bertz CT molecular complexity index is 1180. The van der Waals surface area contributed by atoms with Gasteiger partial charge in [0.25, 0.3) is 15.9 Å². The van der Waals surface area contributed by atoms with Crippen molar-refractivity contribution in [2.45, 2.75) is 31.8 Å². The van der Waals surface area contributed by atoms with E-state index >= 15 is 0 Å². The van der Waals surface area contributed by atoms with Gasteiger partial charge in [0, 0.05) is 16.4 Å². The van der Waals surface area contributed by atoms with Crippen molar-refractivity contribution < 1.29 is 17.9 Å². The SMILES string of the molecule is Cc1cccc(OC(C)C(=O)Nc2ccc(S(=O)(=O)Nc3ccc(Cl)cc3)cc2)c1C. The number of halogens is 1. The highest BCUT2D eigenvalue weighted by Crippen LogP contribution is 2.23. The minimum Gasteiger partial charge on any atom is -0.481 e. The summed E-state index contributed by atoms with van der Waals surface area (Å²) >= 11 is 5.82. The highest BCUT2D eigenvalue weighted by Gasteiger charge is 2.18. The first kappa shape index (κ1) is 22.7. The van der Waals surface area contributed by atoms with E-state index in [-0.39, 0.29) is 10.8 Å². The van der Waals surface area contributed by atoms with Crippen molar-refractivity contribution >= 4 is 38.9 Å². The maximum atomic E-state index is 12.5. The summed E-state index contributed by atoms with van der Waals surface area (Å²) in [6.45, 7) is 5.57. The zero-order valence-corrected chi connectivity index (χ0v) is 18.9. The van der Waals surface area contributed by atoms with E-state index in [1.807, 2.05) is 32.0 Å². The van der Waals surface area contributed by atoms with Crippen molar-refractivity contribution in [2.75, 3.05) is 10.0 Å². The number of ether oxygens (including phenoxy) is 1. The summed E-state index contributed by atoms with van der Waals surface area (Å²) in [7, 11) is -3.77. The first-order chi connectivity index (χ1) is 14.7. The molecule has 6 nitrogen and oxygen atoms in total. The van der Waals surface area contributed by atoms with E-state index in [1.165, 1.54) is 24.3 Å². The van der Waals surface area contributed by atoms with Gasteiger partial charge in [-0.25, -0.2) is 8.42 Å². The highest BCUT2D eigenvalue weighted by molar-refractivity contribution is 7.92. The second-order valence-corrected chi connectivity index (χ2v) is 9.20. The van der Waals surface area contributed by atoms with Crippen LogP contribution in [0.25, 0.3) is 0 Å². The fourth-order valence-corrected chi connectivity index (χ4v) is 3.97. The van der Waals surface area contributed by atoms with Crippen LogP contribution in [0.2, 0.25) is 5.02 Å². The molecule has 1 atom stereocenters. The smallest absolute Gasteiger partial charge is 0.265 e. The molecule has 0 aliphatic heterocycles. The number of carbonyl (C=O) groups excluding carboxylic acids is 1. The lowest BCUT2D eigenvalue weighted by Crippen LogP contribution is -2.30. The molecule has 0 aliphatic carbocycles. The van der Waals surface area contributed by atoms with Gasteiger partial charge in [-0.15, -0.1) is 0 Å². The van der Waals surface area contributed by atoms with Gasteiger partial charge in [0.2, 0.25) is 0 Å². The van der Waals surface area contributed by atoms with Crippen LogP contribution in [-0.2, 0) is 14.8 Å². The molecule has 8 heteroatoms. The predicted octanol–water partition coefficient (Wildman–Crippen LogP) is 5.16. The van der Waals surface area contributed by atoms with Crippen LogP contribution in [0, 0.1) is 13.8 Å². The van der Waals surface area contributed by atoms with Crippen molar-refractivity contribution in [1.29, 1.82) is 0 Å². The third-order valence-electron chi connectivity index (χ3n) is 4.76. The van der Waals surface area contributed by atoms with Crippen LogP contribution in [0.5, 0.6) is 5.75 Å². The molecule has 0 aliphatic rings. The molecule has 1 amide bonds. The molecule has 0 bridgehead atoms. The molecule has 0 spiro atoms. The molecular formula is C23H23ClN2O4S. The standard InChI is InChI=1S/C23H23ClN2O4S/c1-15-5-4-6-22(16(15)2)30-17(3)23(27)25-19-11-13-21(14-12-19)31(28,29)26-20-9-7-18(24)8-10-20/h4-14,17,26H,1-3H3,(H,25,27). The first-order valence-corrected chi connectivity index (χ1v) is 11.4. The number of nitrogens with one attached hydrogen (secondary N) is 2. The van der Waals surface area contributed by atoms with E-state index in [0.717, 1.165) is 11.1 Å². The van der Waals surface area contributed by atoms with Gasteiger partial charge >= 0.3 is 0 Å². The van der Waals surface area contributed by atoms with Gasteiger partial charge in [-0.2, -0.15) is 0 Å². The number of rotatable bonds is 7. The average Bonchev–Trinajstić information content (AvgIpc) is 2.73. The van der Waals surface area contributed by atoms with Crippen LogP contribution >= 0.6 is 11.6 Å². The molecule has 0 fully saturated rings. The van der Waals surface area contributed by atoms with Gasteiger partial charge in [0.1, 0.15) is 5.75 Å². The maximum Gasteiger partial charge on any atom is 0.265 e. The molecule has 2 N–H and O–H groups in total. The van der Waals surface area contributed by atoms with Crippen molar-refractivity contribution in [3.05, 3.63) is 82.9 Å². The van der Waals surface area contributed by atoms with Gasteiger partial charge < -0.3 is 10.1 Å². The average molecular weight is 459 g/mol. The molecule has 162 valence electrons. The monoisotopic (exact) mass is 458 g/mol. The summed E-state index contributed by atoms with van der Waals surface area (Å²) in [5.41, 5.74) is 2.92. The minimum absolute atomic E-state index is 0.0696. The Morgan fingerprint density at radius 1 is 0.935 bits per heavy atom. The second kappa shape index (κ2) is 9.41.